The summed E-state index contributed by atoms with van der Waals surface area (Å²) in [7, 11) is 0. The summed E-state index contributed by atoms with van der Waals surface area (Å²) in [6.45, 7) is 2.60. The first-order chi connectivity index (χ1) is 9.70. The Kier molecular flexibility index (Phi) is 4.62. The molecule has 1 aromatic carbocycles. The fourth-order valence-corrected chi connectivity index (χ4v) is 1.76. The summed E-state index contributed by atoms with van der Waals surface area (Å²) in [5.41, 5.74) is 3.81. The largest absolute Gasteiger partial charge is 0.350 e. The lowest BCUT2D eigenvalue weighted by Gasteiger charge is -2.12. The van der Waals surface area contributed by atoms with Gasteiger partial charge in [0.1, 0.15) is 5.69 Å². The predicted octanol–water partition coefficient (Wildman–Crippen LogP) is 1.30. The standard InChI is InChI=1S/C14H17N5O/c1-10(11-5-3-2-4-6-11)7-18-14(20)12-8-17-13(19-15)9-16-12/h2-6,8-10H,7,15H2,1H3,(H,17,19)(H,18,20). The molecule has 6 heteroatoms. The van der Waals surface area contributed by atoms with Crippen molar-refractivity contribution >= 4 is 11.7 Å². The third kappa shape index (κ3) is 3.52. The minimum absolute atomic E-state index is 0.234. The van der Waals surface area contributed by atoms with Crippen LogP contribution < -0.4 is 16.6 Å². The molecule has 1 atom stereocenters. The molecule has 6 nitrogen and oxygen atoms in total. The van der Waals surface area contributed by atoms with Gasteiger partial charge < -0.3 is 10.7 Å². The number of hydrazine groups is 1. The van der Waals surface area contributed by atoms with Gasteiger partial charge in [-0.1, -0.05) is 37.3 Å². The monoisotopic (exact) mass is 271 g/mol. The number of amides is 1. The van der Waals surface area contributed by atoms with Crippen molar-refractivity contribution in [2.75, 3.05) is 12.0 Å². The van der Waals surface area contributed by atoms with E-state index in [0.29, 0.717) is 12.4 Å². The van der Waals surface area contributed by atoms with E-state index >= 15 is 0 Å². The molecule has 1 aromatic heterocycles. The Morgan fingerprint density at radius 1 is 1.25 bits per heavy atom. The molecule has 104 valence electrons. The zero-order valence-electron chi connectivity index (χ0n) is 11.2. The van der Waals surface area contributed by atoms with Gasteiger partial charge in [-0.25, -0.2) is 15.8 Å². The first kappa shape index (κ1) is 14.0. The van der Waals surface area contributed by atoms with Gasteiger partial charge in [0.2, 0.25) is 0 Å². The zero-order chi connectivity index (χ0) is 14.4. The topological polar surface area (TPSA) is 92.9 Å². The van der Waals surface area contributed by atoms with Crippen molar-refractivity contribution < 1.29 is 4.79 Å². The number of anilines is 1. The average molecular weight is 271 g/mol. The molecule has 20 heavy (non-hydrogen) atoms. The van der Waals surface area contributed by atoms with Crippen molar-refractivity contribution in [2.45, 2.75) is 12.8 Å². The molecule has 1 heterocycles. The Labute approximate surface area is 117 Å². The molecule has 0 aliphatic rings. The van der Waals surface area contributed by atoms with Crippen molar-refractivity contribution in [1.29, 1.82) is 0 Å². The molecule has 0 bridgehead atoms. The fraction of sp³-hybridized carbons (Fsp3) is 0.214. The highest BCUT2D eigenvalue weighted by molar-refractivity contribution is 5.92. The molecule has 0 radical (unpaired) electrons. The van der Waals surface area contributed by atoms with Crippen LogP contribution in [-0.2, 0) is 0 Å². The second-order valence-electron chi connectivity index (χ2n) is 4.45. The van der Waals surface area contributed by atoms with Crippen molar-refractivity contribution in [3.05, 3.63) is 54.0 Å². The quantitative estimate of drug-likeness (QED) is 0.563. The Morgan fingerprint density at radius 2 is 2.00 bits per heavy atom. The van der Waals surface area contributed by atoms with E-state index in [1.165, 1.54) is 18.0 Å². The van der Waals surface area contributed by atoms with Gasteiger partial charge in [-0.05, 0) is 11.5 Å². The van der Waals surface area contributed by atoms with Crippen molar-refractivity contribution in [1.82, 2.24) is 15.3 Å². The lowest BCUT2D eigenvalue weighted by molar-refractivity contribution is 0.0946. The van der Waals surface area contributed by atoms with Crippen LogP contribution in [0.15, 0.2) is 42.7 Å². The molecular weight excluding hydrogens is 254 g/mol. The normalized spacial score (nSPS) is 11.7. The maximum absolute atomic E-state index is 11.9. The van der Waals surface area contributed by atoms with E-state index in [1.54, 1.807) is 0 Å². The van der Waals surface area contributed by atoms with Crippen molar-refractivity contribution in [3.8, 4) is 0 Å². The lowest BCUT2D eigenvalue weighted by atomic mass is 10.0. The molecule has 0 saturated carbocycles. The van der Waals surface area contributed by atoms with Gasteiger partial charge in [0.15, 0.2) is 5.82 Å². The second-order valence-corrected chi connectivity index (χ2v) is 4.45. The third-order valence-electron chi connectivity index (χ3n) is 2.97. The Balaban J connectivity index is 1.91. The number of hydrogen-bond acceptors (Lipinski definition) is 5. The Morgan fingerprint density at radius 3 is 2.60 bits per heavy atom. The van der Waals surface area contributed by atoms with Crippen LogP contribution in [0, 0.1) is 0 Å². The van der Waals surface area contributed by atoms with E-state index in [0.717, 1.165) is 0 Å². The molecule has 2 rings (SSSR count). The highest BCUT2D eigenvalue weighted by atomic mass is 16.1. The number of carbonyl (C=O) groups excluding carboxylic acids is 1. The summed E-state index contributed by atoms with van der Waals surface area (Å²) >= 11 is 0. The molecule has 2 aromatic rings. The van der Waals surface area contributed by atoms with Gasteiger partial charge in [0.05, 0.1) is 12.4 Å². The first-order valence-electron chi connectivity index (χ1n) is 6.32. The van der Waals surface area contributed by atoms with Crippen LogP contribution in [0.1, 0.15) is 28.9 Å². The van der Waals surface area contributed by atoms with Crippen LogP contribution in [-0.4, -0.2) is 22.4 Å². The van der Waals surface area contributed by atoms with Crippen molar-refractivity contribution in [3.63, 3.8) is 0 Å². The molecule has 0 aliphatic heterocycles. The summed E-state index contributed by atoms with van der Waals surface area (Å²) in [5.74, 6) is 5.59. The summed E-state index contributed by atoms with van der Waals surface area (Å²) in [6, 6.07) is 10.0. The van der Waals surface area contributed by atoms with Crippen LogP contribution in [0.4, 0.5) is 5.82 Å². The van der Waals surface area contributed by atoms with E-state index in [2.05, 4.69) is 27.6 Å². The summed E-state index contributed by atoms with van der Waals surface area (Å²) < 4.78 is 0. The van der Waals surface area contributed by atoms with Crippen molar-refractivity contribution in [2.24, 2.45) is 5.84 Å². The van der Waals surface area contributed by atoms with Gasteiger partial charge in [-0.3, -0.25) is 4.79 Å². The number of nitrogens with one attached hydrogen (secondary N) is 2. The number of rotatable bonds is 5. The van der Waals surface area contributed by atoms with Crippen LogP contribution in [0.5, 0.6) is 0 Å². The van der Waals surface area contributed by atoms with Gasteiger partial charge in [0.25, 0.3) is 5.91 Å². The van der Waals surface area contributed by atoms with E-state index in [-0.39, 0.29) is 17.5 Å². The number of carbonyl (C=O) groups is 1. The Hall–Kier alpha value is -2.47. The molecule has 0 aliphatic carbocycles. The zero-order valence-corrected chi connectivity index (χ0v) is 11.2. The van der Waals surface area contributed by atoms with Gasteiger partial charge in [-0.2, -0.15) is 0 Å². The minimum atomic E-state index is -0.246. The van der Waals surface area contributed by atoms with Crippen LogP contribution >= 0.6 is 0 Å². The van der Waals surface area contributed by atoms with Crippen LogP contribution in [0.3, 0.4) is 0 Å². The summed E-state index contributed by atoms with van der Waals surface area (Å²) in [5, 5.41) is 2.84. The van der Waals surface area contributed by atoms with E-state index in [4.69, 9.17) is 5.84 Å². The number of benzene rings is 1. The second kappa shape index (κ2) is 6.63. The molecule has 0 spiro atoms. The highest BCUT2D eigenvalue weighted by Crippen LogP contribution is 2.13. The van der Waals surface area contributed by atoms with Crippen LogP contribution in [0.2, 0.25) is 0 Å². The maximum atomic E-state index is 11.9. The highest BCUT2D eigenvalue weighted by Gasteiger charge is 2.10. The smallest absolute Gasteiger partial charge is 0.271 e. The molecular formula is C14H17N5O. The number of nitrogens with zero attached hydrogens (tertiary/aromatic N) is 2. The molecule has 0 saturated heterocycles. The van der Waals surface area contributed by atoms with Gasteiger partial charge in [0, 0.05) is 6.54 Å². The van der Waals surface area contributed by atoms with Crippen LogP contribution in [0.25, 0.3) is 0 Å². The van der Waals surface area contributed by atoms with E-state index < -0.39 is 0 Å². The number of hydrogen-bond donors (Lipinski definition) is 3. The number of nitrogen functional groups attached to an aromatic ring is 1. The third-order valence-corrected chi connectivity index (χ3v) is 2.97. The molecule has 0 fully saturated rings. The van der Waals surface area contributed by atoms with Gasteiger partial charge in [-0.15, -0.1) is 0 Å². The van der Waals surface area contributed by atoms with E-state index in [9.17, 15) is 4.79 Å². The molecule has 1 unspecified atom stereocenters. The fourth-order valence-electron chi connectivity index (χ4n) is 1.76. The SMILES string of the molecule is CC(CNC(=O)c1cnc(NN)cn1)c1ccccc1. The number of aromatic nitrogens is 2. The maximum Gasteiger partial charge on any atom is 0.271 e. The van der Waals surface area contributed by atoms with E-state index in [1.807, 2.05) is 30.3 Å². The van der Waals surface area contributed by atoms with Gasteiger partial charge >= 0.3 is 0 Å². The lowest BCUT2D eigenvalue weighted by Crippen LogP contribution is -2.28. The minimum Gasteiger partial charge on any atom is -0.350 e. The molecule has 1 amide bonds. The number of nitrogens with two attached hydrogens (primary N) is 1. The average Bonchev–Trinajstić information content (AvgIpc) is 2.53. The molecule has 4 N–H and O–H groups in total. The first-order valence-corrected chi connectivity index (χ1v) is 6.32. The Bertz CT molecular complexity index is 556. The summed E-state index contributed by atoms with van der Waals surface area (Å²) in [6.07, 6.45) is 2.80. The summed E-state index contributed by atoms with van der Waals surface area (Å²) in [4.78, 5) is 19.8. The predicted molar refractivity (Wildman–Crippen MR) is 77.0 cm³/mol.